The lowest BCUT2D eigenvalue weighted by molar-refractivity contribution is 0.248. The minimum Gasteiger partial charge on any atom is -0.338 e. The molecule has 0 N–H and O–H groups in total. The molecule has 0 saturated carbocycles. The van der Waals surface area contributed by atoms with E-state index in [9.17, 15) is 4.39 Å². The minimum atomic E-state index is -0.296. The zero-order chi connectivity index (χ0) is 14.7. The van der Waals surface area contributed by atoms with Crippen molar-refractivity contribution in [2.45, 2.75) is 6.54 Å². The Hall–Kier alpha value is -1.72. The lowest BCUT2D eigenvalue weighted by Crippen LogP contribution is -2.46. The maximum Gasteiger partial charge on any atom is 0.225 e. The van der Waals surface area contributed by atoms with Gasteiger partial charge in [-0.2, -0.15) is 0 Å². The molecule has 2 aromatic rings. The second-order valence-electron chi connectivity index (χ2n) is 5.05. The molecule has 2 heterocycles. The molecule has 0 unspecified atom stereocenters. The van der Waals surface area contributed by atoms with Crippen LogP contribution in [0.25, 0.3) is 0 Å². The van der Waals surface area contributed by atoms with Gasteiger partial charge in [0.2, 0.25) is 5.95 Å². The molecule has 0 spiro atoms. The third-order valence-electron chi connectivity index (χ3n) is 3.62. The topological polar surface area (TPSA) is 32.3 Å². The summed E-state index contributed by atoms with van der Waals surface area (Å²) >= 11 is 6.08. The first-order valence-electron chi connectivity index (χ1n) is 6.90. The third-order valence-corrected chi connectivity index (χ3v) is 3.97. The van der Waals surface area contributed by atoms with E-state index in [1.807, 2.05) is 6.07 Å². The molecule has 1 aliphatic heterocycles. The van der Waals surface area contributed by atoms with E-state index in [4.69, 9.17) is 11.6 Å². The summed E-state index contributed by atoms with van der Waals surface area (Å²) in [7, 11) is 0. The van der Waals surface area contributed by atoms with Crippen LogP contribution in [0.5, 0.6) is 0 Å². The highest BCUT2D eigenvalue weighted by molar-refractivity contribution is 6.31. The average molecular weight is 307 g/mol. The van der Waals surface area contributed by atoms with Gasteiger partial charge in [-0.25, -0.2) is 14.4 Å². The molecule has 0 bridgehead atoms. The number of rotatable bonds is 3. The van der Waals surface area contributed by atoms with E-state index in [2.05, 4.69) is 19.8 Å². The number of hydrogen-bond acceptors (Lipinski definition) is 4. The average Bonchev–Trinajstić information content (AvgIpc) is 2.52. The van der Waals surface area contributed by atoms with Gasteiger partial charge in [0.1, 0.15) is 5.82 Å². The van der Waals surface area contributed by atoms with Gasteiger partial charge < -0.3 is 4.90 Å². The lowest BCUT2D eigenvalue weighted by Gasteiger charge is -2.34. The quantitative estimate of drug-likeness (QED) is 0.872. The summed E-state index contributed by atoms with van der Waals surface area (Å²) in [6, 6.07) is 6.39. The fourth-order valence-corrected chi connectivity index (χ4v) is 2.68. The second-order valence-corrected chi connectivity index (χ2v) is 5.45. The van der Waals surface area contributed by atoms with E-state index in [0.717, 1.165) is 44.2 Å². The Morgan fingerprint density at radius 1 is 1.10 bits per heavy atom. The van der Waals surface area contributed by atoms with Crippen LogP contribution < -0.4 is 4.90 Å². The van der Waals surface area contributed by atoms with Crippen molar-refractivity contribution in [3.8, 4) is 0 Å². The molecule has 1 aromatic heterocycles. The minimum absolute atomic E-state index is 0.296. The van der Waals surface area contributed by atoms with E-state index < -0.39 is 0 Å². The Morgan fingerprint density at radius 3 is 2.48 bits per heavy atom. The van der Waals surface area contributed by atoms with Gasteiger partial charge in [-0.05, 0) is 23.8 Å². The van der Waals surface area contributed by atoms with E-state index in [1.165, 1.54) is 12.1 Å². The molecule has 1 fully saturated rings. The van der Waals surface area contributed by atoms with Crippen molar-refractivity contribution in [2.75, 3.05) is 31.1 Å². The number of nitrogens with zero attached hydrogens (tertiary/aromatic N) is 4. The summed E-state index contributed by atoms with van der Waals surface area (Å²) < 4.78 is 13.0. The molecule has 21 heavy (non-hydrogen) atoms. The molecule has 1 aliphatic rings. The Kier molecular flexibility index (Phi) is 4.31. The maximum atomic E-state index is 13.0. The number of hydrogen-bond donors (Lipinski definition) is 0. The molecule has 110 valence electrons. The van der Waals surface area contributed by atoms with E-state index >= 15 is 0 Å². The molecule has 3 rings (SSSR count). The van der Waals surface area contributed by atoms with Crippen LogP contribution in [0.4, 0.5) is 10.3 Å². The fraction of sp³-hybridized carbons (Fsp3) is 0.333. The normalized spacial score (nSPS) is 16.2. The third kappa shape index (κ3) is 3.49. The van der Waals surface area contributed by atoms with Crippen LogP contribution in [0.3, 0.4) is 0 Å². The van der Waals surface area contributed by atoms with Crippen molar-refractivity contribution in [3.63, 3.8) is 0 Å². The molecule has 0 aliphatic carbocycles. The summed E-state index contributed by atoms with van der Waals surface area (Å²) in [5, 5.41) is 0.490. The van der Waals surface area contributed by atoms with Gasteiger partial charge in [-0.3, -0.25) is 4.90 Å². The predicted octanol–water partition coefficient (Wildman–Crippen LogP) is 2.59. The van der Waals surface area contributed by atoms with Crippen LogP contribution in [0, 0.1) is 5.82 Å². The molecule has 1 saturated heterocycles. The van der Waals surface area contributed by atoms with E-state index in [0.29, 0.717) is 5.02 Å². The molecule has 6 heteroatoms. The van der Waals surface area contributed by atoms with Crippen molar-refractivity contribution in [1.29, 1.82) is 0 Å². The van der Waals surface area contributed by atoms with Crippen LogP contribution >= 0.6 is 11.6 Å². The SMILES string of the molecule is Fc1ccc(CN2CCN(c3ncccn3)CC2)c(Cl)c1. The van der Waals surface area contributed by atoms with Crippen molar-refractivity contribution >= 4 is 17.5 Å². The number of piperazine rings is 1. The van der Waals surface area contributed by atoms with Gasteiger partial charge in [-0.1, -0.05) is 17.7 Å². The number of anilines is 1. The smallest absolute Gasteiger partial charge is 0.225 e. The van der Waals surface area contributed by atoms with Gasteiger partial charge in [0.25, 0.3) is 0 Å². The monoisotopic (exact) mass is 306 g/mol. The van der Waals surface area contributed by atoms with Crippen LogP contribution in [0.1, 0.15) is 5.56 Å². The highest BCUT2D eigenvalue weighted by Crippen LogP contribution is 2.20. The molecule has 4 nitrogen and oxygen atoms in total. The predicted molar refractivity (Wildman–Crippen MR) is 80.9 cm³/mol. The van der Waals surface area contributed by atoms with Gasteiger partial charge in [0.15, 0.2) is 0 Å². The standard InChI is InChI=1S/C15H16ClFN4/c16-14-10-13(17)3-2-12(14)11-20-6-8-21(9-7-20)15-18-4-1-5-19-15/h1-5,10H,6-9,11H2. The van der Waals surface area contributed by atoms with Crippen molar-refractivity contribution in [2.24, 2.45) is 0 Å². The molecular formula is C15H16ClFN4. The highest BCUT2D eigenvalue weighted by atomic mass is 35.5. The molecule has 0 amide bonds. The largest absolute Gasteiger partial charge is 0.338 e. The van der Waals surface area contributed by atoms with E-state index in [1.54, 1.807) is 18.5 Å². The van der Waals surface area contributed by atoms with Crippen LogP contribution in [0.15, 0.2) is 36.7 Å². The Morgan fingerprint density at radius 2 is 1.81 bits per heavy atom. The maximum absolute atomic E-state index is 13.0. The van der Waals surface area contributed by atoms with Crippen molar-refractivity contribution in [1.82, 2.24) is 14.9 Å². The first-order valence-corrected chi connectivity index (χ1v) is 7.28. The lowest BCUT2D eigenvalue weighted by atomic mass is 10.2. The van der Waals surface area contributed by atoms with E-state index in [-0.39, 0.29) is 5.82 Å². The van der Waals surface area contributed by atoms with Gasteiger partial charge >= 0.3 is 0 Å². The number of halogens is 2. The van der Waals surface area contributed by atoms with Crippen molar-refractivity contribution < 1.29 is 4.39 Å². The summed E-state index contributed by atoms with van der Waals surface area (Å²) in [5.41, 5.74) is 0.961. The molecule has 1 aromatic carbocycles. The van der Waals surface area contributed by atoms with Gasteiger partial charge in [-0.15, -0.1) is 0 Å². The van der Waals surface area contributed by atoms with Crippen LogP contribution in [-0.4, -0.2) is 41.0 Å². The summed E-state index contributed by atoms with van der Waals surface area (Å²) in [6.07, 6.45) is 3.51. The Balaban J connectivity index is 1.59. The molecule has 0 radical (unpaired) electrons. The summed E-state index contributed by atoms with van der Waals surface area (Å²) in [5.74, 6) is 0.478. The second kappa shape index (κ2) is 6.37. The van der Waals surface area contributed by atoms with Gasteiger partial charge in [0.05, 0.1) is 0 Å². The highest BCUT2D eigenvalue weighted by Gasteiger charge is 2.19. The molecular weight excluding hydrogens is 291 g/mol. The number of benzene rings is 1. The van der Waals surface area contributed by atoms with Gasteiger partial charge in [0, 0.05) is 50.1 Å². The fourth-order valence-electron chi connectivity index (χ4n) is 2.45. The number of aromatic nitrogens is 2. The first-order chi connectivity index (χ1) is 10.2. The summed E-state index contributed by atoms with van der Waals surface area (Å²) in [6.45, 7) is 4.31. The van der Waals surface area contributed by atoms with Crippen LogP contribution in [0.2, 0.25) is 5.02 Å². The summed E-state index contributed by atoms with van der Waals surface area (Å²) in [4.78, 5) is 13.0. The Labute approximate surface area is 128 Å². The first kappa shape index (κ1) is 14.2. The Bertz CT molecular complexity index is 600. The zero-order valence-corrected chi connectivity index (χ0v) is 12.3. The van der Waals surface area contributed by atoms with Crippen LogP contribution in [-0.2, 0) is 6.54 Å². The molecule has 0 atom stereocenters. The zero-order valence-electron chi connectivity index (χ0n) is 11.5. The van der Waals surface area contributed by atoms with Crippen molar-refractivity contribution in [3.05, 3.63) is 53.1 Å².